The topological polar surface area (TPSA) is 34.1 Å². The molecule has 3 nitrogen and oxygen atoms in total. The number of nitrogens with zero attached hydrogens (tertiary/aromatic N) is 1. The van der Waals surface area contributed by atoms with E-state index in [4.69, 9.17) is 4.74 Å². The maximum atomic E-state index is 5.61. The SMILES string of the molecule is CC(C)Oc1cncc(/C=C/CCNC2CC2)c1. The second kappa shape index (κ2) is 6.55. The van der Waals surface area contributed by atoms with E-state index in [0.717, 1.165) is 30.3 Å². The van der Waals surface area contributed by atoms with Gasteiger partial charge in [0.25, 0.3) is 0 Å². The molecule has 1 saturated carbocycles. The average molecular weight is 246 g/mol. The van der Waals surface area contributed by atoms with Crippen molar-refractivity contribution in [3.63, 3.8) is 0 Å². The lowest BCUT2D eigenvalue weighted by atomic mass is 10.2. The minimum Gasteiger partial charge on any atom is -0.489 e. The Labute approximate surface area is 109 Å². The minimum atomic E-state index is 0.189. The molecule has 0 unspecified atom stereocenters. The third-order valence-corrected chi connectivity index (χ3v) is 2.74. The number of ether oxygens (including phenoxy) is 1. The highest BCUT2D eigenvalue weighted by Crippen LogP contribution is 2.18. The minimum absolute atomic E-state index is 0.189. The molecular weight excluding hydrogens is 224 g/mol. The van der Waals surface area contributed by atoms with Gasteiger partial charge < -0.3 is 10.1 Å². The van der Waals surface area contributed by atoms with Crippen LogP contribution in [0.1, 0.15) is 38.7 Å². The second-order valence-electron chi connectivity index (χ2n) is 5.04. The van der Waals surface area contributed by atoms with Gasteiger partial charge in [0.2, 0.25) is 0 Å². The highest BCUT2D eigenvalue weighted by molar-refractivity contribution is 5.49. The highest BCUT2D eigenvalue weighted by Gasteiger charge is 2.19. The Kier molecular flexibility index (Phi) is 4.76. The molecule has 3 heteroatoms. The monoisotopic (exact) mass is 246 g/mol. The Morgan fingerprint density at radius 3 is 3.00 bits per heavy atom. The molecule has 0 aromatic carbocycles. The molecule has 0 amide bonds. The van der Waals surface area contributed by atoms with Crippen LogP contribution in [0, 0.1) is 0 Å². The summed E-state index contributed by atoms with van der Waals surface area (Å²) in [6.07, 6.45) is 11.9. The zero-order chi connectivity index (χ0) is 12.8. The van der Waals surface area contributed by atoms with E-state index in [1.54, 1.807) is 6.20 Å². The largest absolute Gasteiger partial charge is 0.489 e. The molecule has 98 valence electrons. The number of nitrogens with one attached hydrogen (secondary N) is 1. The fourth-order valence-corrected chi connectivity index (χ4v) is 1.74. The van der Waals surface area contributed by atoms with Crippen LogP contribution >= 0.6 is 0 Å². The average Bonchev–Trinajstić information content (AvgIpc) is 3.12. The predicted molar refractivity (Wildman–Crippen MR) is 74.7 cm³/mol. The maximum Gasteiger partial charge on any atom is 0.138 e. The third kappa shape index (κ3) is 4.88. The van der Waals surface area contributed by atoms with E-state index in [-0.39, 0.29) is 6.10 Å². The van der Waals surface area contributed by atoms with Crippen molar-refractivity contribution >= 4 is 6.08 Å². The fourth-order valence-electron chi connectivity index (χ4n) is 1.74. The molecular formula is C15H22N2O. The first-order valence-electron chi connectivity index (χ1n) is 6.75. The molecule has 1 N–H and O–H groups in total. The Hall–Kier alpha value is -1.35. The highest BCUT2D eigenvalue weighted by atomic mass is 16.5. The Balaban J connectivity index is 1.77. The quantitative estimate of drug-likeness (QED) is 0.751. The normalized spacial score (nSPS) is 15.5. The number of pyridine rings is 1. The van der Waals surface area contributed by atoms with Crippen LogP contribution < -0.4 is 10.1 Å². The van der Waals surface area contributed by atoms with E-state index in [2.05, 4.69) is 22.5 Å². The maximum absolute atomic E-state index is 5.61. The van der Waals surface area contributed by atoms with Gasteiger partial charge in [-0.05, 0) is 51.3 Å². The molecule has 1 aromatic heterocycles. The van der Waals surface area contributed by atoms with Gasteiger partial charge in [0, 0.05) is 12.2 Å². The van der Waals surface area contributed by atoms with E-state index in [9.17, 15) is 0 Å². The Morgan fingerprint density at radius 2 is 2.28 bits per heavy atom. The van der Waals surface area contributed by atoms with Gasteiger partial charge in [0.05, 0.1) is 12.3 Å². The zero-order valence-electron chi connectivity index (χ0n) is 11.2. The van der Waals surface area contributed by atoms with Crippen LogP contribution in [0.25, 0.3) is 6.08 Å². The van der Waals surface area contributed by atoms with Gasteiger partial charge >= 0.3 is 0 Å². The molecule has 18 heavy (non-hydrogen) atoms. The number of hydrogen-bond donors (Lipinski definition) is 1. The molecule has 0 radical (unpaired) electrons. The van der Waals surface area contributed by atoms with Crippen molar-refractivity contribution in [3.05, 3.63) is 30.1 Å². The molecule has 0 saturated heterocycles. The number of rotatable bonds is 7. The van der Waals surface area contributed by atoms with Gasteiger partial charge in [0.1, 0.15) is 5.75 Å². The van der Waals surface area contributed by atoms with Crippen LogP contribution in [0.3, 0.4) is 0 Å². The lowest BCUT2D eigenvalue weighted by Gasteiger charge is -2.09. The molecule has 1 aliphatic carbocycles. The summed E-state index contributed by atoms with van der Waals surface area (Å²) in [6, 6.07) is 2.82. The van der Waals surface area contributed by atoms with Crippen LogP contribution in [0.4, 0.5) is 0 Å². The summed E-state index contributed by atoms with van der Waals surface area (Å²) in [5, 5.41) is 3.49. The lowest BCUT2D eigenvalue weighted by Crippen LogP contribution is -2.16. The Morgan fingerprint density at radius 1 is 1.44 bits per heavy atom. The van der Waals surface area contributed by atoms with E-state index >= 15 is 0 Å². The molecule has 1 aliphatic rings. The van der Waals surface area contributed by atoms with Gasteiger partial charge in [-0.1, -0.05) is 12.2 Å². The molecule has 0 atom stereocenters. The van der Waals surface area contributed by atoms with Crippen LogP contribution in [0.15, 0.2) is 24.5 Å². The summed E-state index contributed by atoms with van der Waals surface area (Å²) in [5.74, 6) is 0.836. The van der Waals surface area contributed by atoms with E-state index in [1.165, 1.54) is 12.8 Å². The van der Waals surface area contributed by atoms with Crippen molar-refractivity contribution in [2.75, 3.05) is 6.54 Å². The molecule has 0 aliphatic heterocycles. The van der Waals surface area contributed by atoms with Crippen LogP contribution in [-0.4, -0.2) is 23.7 Å². The van der Waals surface area contributed by atoms with Crippen molar-refractivity contribution in [3.8, 4) is 5.75 Å². The van der Waals surface area contributed by atoms with Gasteiger partial charge in [-0.25, -0.2) is 0 Å². The summed E-state index contributed by atoms with van der Waals surface area (Å²) in [7, 11) is 0. The lowest BCUT2D eigenvalue weighted by molar-refractivity contribution is 0.241. The summed E-state index contributed by atoms with van der Waals surface area (Å²) in [4.78, 5) is 4.18. The molecule has 0 bridgehead atoms. The first-order chi connectivity index (χ1) is 8.74. The van der Waals surface area contributed by atoms with Gasteiger partial charge in [-0.15, -0.1) is 0 Å². The van der Waals surface area contributed by atoms with Gasteiger partial charge in [0.15, 0.2) is 0 Å². The predicted octanol–water partition coefficient (Wildman–Crippen LogP) is 3.02. The van der Waals surface area contributed by atoms with Crippen molar-refractivity contribution in [1.82, 2.24) is 10.3 Å². The van der Waals surface area contributed by atoms with Crippen molar-refractivity contribution in [2.45, 2.75) is 45.3 Å². The summed E-state index contributed by atoms with van der Waals surface area (Å²) >= 11 is 0. The van der Waals surface area contributed by atoms with Crippen molar-refractivity contribution < 1.29 is 4.74 Å². The summed E-state index contributed by atoms with van der Waals surface area (Å²) in [5.41, 5.74) is 1.10. The molecule has 1 aromatic rings. The summed E-state index contributed by atoms with van der Waals surface area (Å²) in [6.45, 7) is 5.11. The van der Waals surface area contributed by atoms with E-state index < -0.39 is 0 Å². The zero-order valence-corrected chi connectivity index (χ0v) is 11.2. The summed E-state index contributed by atoms with van der Waals surface area (Å²) < 4.78 is 5.61. The first kappa shape index (κ1) is 13.1. The second-order valence-corrected chi connectivity index (χ2v) is 5.04. The fraction of sp³-hybridized carbons (Fsp3) is 0.533. The van der Waals surface area contributed by atoms with Crippen LogP contribution in [-0.2, 0) is 0 Å². The van der Waals surface area contributed by atoms with E-state index in [0.29, 0.717) is 0 Å². The standard InChI is InChI=1S/C15H22N2O/c1-12(2)18-15-9-13(10-16-11-15)5-3-4-8-17-14-6-7-14/h3,5,9-12,14,17H,4,6-8H2,1-2H3/b5-3+. The van der Waals surface area contributed by atoms with Crippen molar-refractivity contribution in [2.24, 2.45) is 0 Å². The Bertz CT molecular complexity index is 397. The first-order valence-corrected chi connectivity index (χ1v) is 6.75. The number of aromatic nitrogens is 1. The van der Waals surface area contributed by atoms with Crippen LogP contribution in [0.2, 0.25) is 0 Å². The third-order valence-electron chi connectivity index (χ3n) is 2.74. The molecule has 2 rings (SSSR count). The number of hydrogen-bond acceptors (Lipinski definition) is 3. The van der Waals surface area contributed by atoms with Crippen molar-refractivity contribution in [1.29, 1.82) is 0 Å². The van der Waals surface area contributed by atoms with E-state index in [1.807, 2.05) is 26.1 Å². The van der Waals surface area contributed by atoms with Gasteiger partial charge in [-0.2, -0.15) is 0 Å². The molecule has 1 heterocycles. The molecule has 1 fully saturated rings. The smallest absolute Gasteiger partial charge is 0.138 e. The van der Waals surface area contributed by atoms with Gasteiger partial charge in [-0.3, -0.25) is 4.98 Å². The molecule has 0 spiro atoms. The van der Waals surface area contributed by atoms with Crippen LogP contribution in [0.5, 0.6) is 5.75 Å².